The van der Waals surface area contributed by atoms with Crippen molar-refractivity contribution in [2.24, 2.45) is 0 Å². The third-order valence-corrected chi connectivity index (χ3v) is 2.20. The van der Waals surface area contributed by atoms with E-state index in [0.717, 1.165) is 0 Å². The number of hydrogen-bond donors (Lipinski definition) is 2. The number of H-pyrrole nitrogens is 1. The van der Waals surface area contributed by atoms with E-state index in [-0.39, 0.29) is 11.4 Å². The molecule has 0 atom stereocenters. The molecule has 0 spiro atoms. The topological polar surface area (TPSA) is 74.8 Å². The molecule has 2 rings (SSSR count). The average molecular weight is 205 g/mol. The molecule has 4 nitrogen and oxygen atoms in total. The largest absolute Gasteiger partial charge is 0.494 e. The van der Waals surface area contributed by atoms with Gasteiger partial charge in [-0.15, -0.1) is 0 Å². The number of benzene rings is 1. The van der Waals surface area contributed by atoms with E-state index >= 15 is 0 Å². The second-order valence-electron chi connectivity index (χ2n) is 3.06. The highest BCUT2D eigenvalue weighted by Crippen LogP contribution is 2.31. The first kappa shape index (κ1) is 9.34. The van der Waals surface area contributed by atoms with Crippen molar-refractivity contribution >= 4 is 16.7 Å². The van der Waals surface area contributed by atoms with Crippen LogP contribution in [0.3, 0.4) is 0 Å². The first-order chi connectivity index (χ1) is 7.17. The number of nitrogens with zero attached hydrogens (tertiary/aromatic N) is 1. The normalized spacial score (nSPS) is 10.2. The number of fused-ring (bicyclic) bond motifs is 1. The van der Waals surface area contributed by atoms with Gasteiger partial charge in [0.2, 0.25) is 0 Å². The Labute approximate surface area is 85.1 Å². The van der Waals surface area contributed by atoms with Crippen molar-refractivity contribution < 1.29 is 9.13 Å². The van der Waals surface area contributed by atoms with Gasteiger partial charge in [0.15, 0.2) is 0 Å². The number of ether oxygens (including phenoxy) is 1. The number of nitrogen functional groups attached to an aromatic ring is 1. The van der Waals surface area contributed by atoms with E-state index in [9.17, 15) is 4.39 Å². The third-order valence-electron chi connectivity index (χ3n) is 2.20. The highest BCUT2D eigenvalue weighted by molar-refractivity contribution is 5.94. The van der Waals surface area contributed by atoms with Crippen LogP contribution >= 0.6 is 0 Å². The van der Waals surface area contributed by atoms with E-state index in [2.05, 4.69) is 4.98 Å². The molecule has 1 aromatic carbocycles. The number of nitrogens with one attached hydrogen (secondary N) is 1. The van der Waals surface area contributed by atoms with Crippen LogP contribution in [0.2, 0.25) is 0 Å². The molecular weight excluding hydrogens is 197 g/mol. The summed E-state index contributed by atoms with van der Waals surface area (Å²) >= 11 is 0. The number of anilines is 1. The molecule has 2 aromatic rings. The summed E-state index contributed by atoms with van der Waals surface area (Å²) in [5.74, 6) is 0.0875. The Morgan fingerprint density at radius 1 is 1.53 bits per heavy atom. The number of nitriles is 1. The molecule has 1 heterocycles. The van der Waals surface area contributed by atoms with Crippen molar-refractivity contribution in [1.82, 2.24) is 4.98 Å². The lowest BCUT2D eigenvalue weighted by molar-refractivity contribution is 0.416. The highest BCUT2D eigenvalue weighted by Gasteiger charge is 2.13. The van der Waals surface area contributed by atoms with Crippen LogP contribution in [0, 0.1) is 17.1 Å². The first-order valence-corrected chi connectivity index (χ1v) is 4.22. The number of hydrogen-bond acceptors (Lipinski definition) is 3. The van der Waals surface area contributed by atoms with Gasteiger partial charge in [-0.2, -0.15) is 5.26 Å². The zero-order valence-corrected chi connectivity index (χ0v) is 7.97. The summed E-state index contributed by atoms with van der Waals surface area (Å²) in [6.07, 6.45) is 0. The molecule has 3 N–H and O–H groups in total. The molecule has 0 aliphatic rings. The summed E-state index contributed by atoms with van der Waals surface area (Å²) in [5.41, 5.74) is 6.36. The Bertz CT molecular complexity index is 568. The van der Waals surface area contributed by atoms with Gasteiger partial charge < -0.3 is 15.5 Å². The lowest BCUT2D eigenvalue weighted by atomic mass is 10.1. The van der Waals surface area contributed by atoms with Crippen molar-refractivity contribution in [1.29, 1.82) is 5.26 Å². The maximum Gasteiger partial charge on any atom is 0.145 e. The van der Waals surface area contributed by atoms with Crippen LogP contribution in [0.5, 0.6) is 5.75 Å². The van der Waals surface area contributed by atoms with Crippen LogP contribution < -0.4 is 10.5 Å². The lowest BCUT2D eigenvalue weighted by Crippen LogP contribution is -1.86. The van der Waals surface area contributed by atoms with Crippen LogP contribution in [0.4, 0.5) is 10.2 Å². The van der Waals surface area contributed by atoms with Gasteiger partial charge >= 0.3 is 0 Å². The van der Waals surface area contributed by atoms with Gasteiger partial charge in [0.1, 0.15) is 29.0 Å². The minimum Gasteiger partial charge on any atom is -0.494 e. The molecule has 0 radical (unpaired) electrons. The van der Waals surface area contributed by atoms with E-state index in [1.807, 2.05) is 6.07 Å². The van der Waals surface area contributed by atoms with Crippen LogP contribution in [-0.4, -0.2) is 12.1 Å². The van der Waals surface area contributed by atoms with Gasteiger partial charge in [-0.05, 0) is 6.07 Å². The van der Waals surface area contributed by atoms with Crippen molar-refractivity contribution in [3.8, 4) is 11.8 Å². The Morgan fingerprint density at radius 3 is 2.87 bits per heavy atom. The average Bonchev–Trinajstić information content (AvgIpc) is 2.52. The van der Waals surface area contributed by atoms with E-state index in [4.69, 9.17) is 15.7 Å². The number of rotatable bonds is 1. The van der Waals surface area contributed by atoms with E-state index in [1.54, 1.807) is 0 Å². The van der Waals surface area contributed by atoms with Gasteiger partial charge in [0.05, 0.1) is 12.6 Å². The van der Waals surface area contributed by atoms with Crippen molar-refractivity contribution in [2.45, 2.75) is 0 Å². The van der Waals surface area contributed by atoms with Gasteiger partial charge in [0.25, 0.3) is 0 Å². The monoisotopic (exact) mass is 205 g/mol. The van der Waals surface area contributed by atoms with E-state index < -0.39 is 5.82 Å². The second-order valence-corrected chi connectivity index (χ2v) is 3.06. The number of aromatic nitrogens is 1. The minimum absolute atomic E-state index is 0.219. The fourth-order valence-electron chi connectivity index (χ4n) is 1.53. The maximum absolute atomic E-state index is 13.2. The Kier molecular flexibility index (Phi) is 1.97. The minimum atomic E-state index is -0.463. The van der Waals surface area contributed by atoms with Gasteiger partial charge in [-0.25, -0.2) is 4.39 Å². The second kappa shape index (κ2) is 3.17. The fraction of sp³-hybridized carbons (Fsp3) is 0.100. The summed E-state index contributed by atoms with van der Waals surface area (Å²) in [5, 5.41) is 9.28. The summed E-state index contributed by atoms with van der Waals surface area (Å²) < 4.78 is 18.2. The number of halogens is 1. The molecule has 76 valence electrons. The molecule has 1 aromatic heterocycles. The van der Waals surface area contributed by atoms with Crippen molar-refractivity contribution in [3.63, 3.8) is 0 Å². The number of methoxy groups -OCH3 is 1. The van der Waals surface area contributed by atoms with E-state index in [0.29, 0.717) is 16.7 Å². The molecule has 5 heteroatoms. The molecule has 0 aliphatic carbocycles. The van der Waals surface area contributed by atoms with Crippen LogP contribution in [0.15, 0.2) is 12.1 Å². The lowest BCUT2D eigenvalue weighted by Gasteiger charge is -2.01. The Morgan fingerprint density at radius 2 is 2.27 bits per heavy atom. The SMILES string of the molecule is COc1cc(F)cc2c(C#N)c(N)[nH]c12. The number of nitrogens with two attached hydrogens (primary N) is 1. The van der Waals surface area contributed by atoms with Gasteiger partial charge in [0, 0.05) is 11.5 Å². The summed E-state index contributed by atoms with van der Waals surface area (Å²) in [6, 6.07) is 4.41. The van der Waals surface area contributed by atoms with Crippen LogP contribution in [0.1, 0.15) is 5.56 Å². The highest BCUT2D eigenvalue weighted by atomic mass is 19.1. The van der Waals surface area contributed by atoms with Crippen LogP contribution in [0.25, 0.3) is 10.9 Å². The predicted molar refractivity (Wildman–Crippen MR) is 53.9 cm³/mol. The fourth-order valence-corrected chi connectivity index (χ4v) is 1.53. The Hall–Kier alpha value is -2.22. The molecule has 0 fully saturated rings. The van der Waals surface area contributed by atoms with Gasteiger partial charge in [-0.3, -0.25) is 0 Å². The van der Waals surface area contributed by atoms with Crippen LogP contribution in [-0.2, 0) is 0 Å². The molecule has 0 saturated heterocycles. The zero-order chi connectivity index (χ0) is 11.0. The predicted octanol–water partition coefficient (Wildman–Crippen LogP) is 1.77. The first-order valence-electron chi connectivity index (χ1n) is 4.22. The molecule has 0 bridgehead atoms. The maximum atomic E-state index is 13.2. The third kappa shape index (κ3) is 1.27. The van der Waals surface area contributed by atoms with Crippen molar-refractivity contribution in [2.75, 3.05) is 12.8 Å². The standard InChI is InChI=1S/C10H8FN3O/c1-15-8-3-5(11)2-6-7(4-12)10(13)14-9(6)8/h2-3,14H,13H2,1H3. The summed E-state index contributed by atoms with van der Waals surface area (Å²) in [6.45, 7) is 0. The Balaban J connectivity index is 2.91. The zero-order valence-electron chi connectivity index (χ0n) is 7.97. The summed E-state index contributed by atoms with van der Waals surface area (Å²) in [7, 11) is 1.43. The molecule has 0 saturated carbocycles. The molecular formula is C10H8FN3O. The van der Waals surface area contributed by atoms with E-state index in [1.165, 1.54) is 19.2 Å². The smallest absolute Gasteiger partial charge is 0.145 e. The van der Waals surface area contributed by atoms with Crippen molar-refractivity contribution in [3.05, 3.63) is 23.5 Å². The summed E-state index contributed by atoms with van der Waals surface area (Å²) in [4.78, 5) is 2.79. The number of aromatic amines is 1. The quantitative estimate of drug-likeness (QED) is 0.744. The van der Waals surface area contributed by atoms with Gasteiger partial charge in [-0.1, -0.05) is 0 Å². The molecule has 0 amide bonds. The molecule has 0 aliphatic heterocycles. The molecule has 0 unspecified atom stereocenters. The molecule has 15 heavy (non-hydrogen) atoms.